The number of H-pyrrole nitrogens is 1. The third-order valence-electron chi connectivity index (χ3n) is 4.39. The van der Waals surface area contributed by atoms with Crippen LogP contribution in [0.3, 0.4) is 0 Å². The van der Waals surface area contributed by atoms with Crippen molar-refractivity contribution in [3.63, 3.8) is 0 Å². The molecule has 1 aliphatic rings. The van der Waals surface area contributed by atoms with Gasteiger partial charge in [0.15, 0.2) is 5.43 Å². The molecular formula is C18H21ClN2O2. The fourth-order valence-electron chi connectivity index (χ4n) is 2.92. The quantitative estimate of drug-likeness (QED) is 0.938. The van der Waals surface area contributed by atoms with Gasteiger partial charge in [-0.2, -0.15) is 0 Å². The number of benzene rings is 1. The van der Waals surface area contributed by atoms with Crippen molar-refractivity contribution in [1.29, 1.82) is 0 Å². The van der Waals surface area contributed by atoms with E-state index >= 15 is 0 Å². The van der Waals surface area contributed by atoms with Crippen LogP contribution < -0.4 is 5.43 Å². The highest BCUT2D eigenvalue weighted by atomic mass is 35.5. The van der Waals surface area contributed by atoms with Gasteiger partial charge in [0.25, 0.3) is 0 Å². The van der Waals surface area contributed by atoms with Gasteiger partial charge in [0.1, 0.15) is 0 Å². The molecule has 1 aromatic carbocycles. The maximum Gasteiger partial charge on any atom is 0.187 e. The van der Waals surface area contributed by atoms with Gasteiger partial charge in [0.2, 0.25) is 0 Å². The maximum absolute atomic E-state index is 12.1. The molecule has 0 amide bonds. The molecule has 4 nitrogen and oxygen atoms in total. The van der Waals surface area contributed by atoms with Crippen molar-refractivity contribution in [2.45, 2.75) is 26.5 Å². The van der Waals surface area contributed by atoms with Gasteiger partial charge in [-0.05, 0) is 31.5 Å². The largest absolute Gasteiger partial charge is 0.371 e. The first-order valence-corrected chi connectivity index (χ1v) is 8.19. The van der Waals surface area contributed by atoms with Gasteiger partial charge in [0.05, 0.1) is 12.7 Å². The second kappa shape index (κ2) is 6.87. The van der Waals surface area contributed by atoms with E-state index in [0.29, 0.717) is 6.61 Å². The Bertz CT molecular complexity index is 740. The van der Waals surface area contributed by atoms with Crippen molar-refractivity contribution >= 4 is 11.6 Å². The molecule has 1 aromatic heterocycles. The number of nitrogens with zero attached hydrogens (tertiary/aromatic N) is 1. The maximum atomic E-state index is 12.1. The summed E-state index contributed by atoms with van der Waals surface area (Å²) >= 11 is 5.95. The Labute approximate surface area is 141 Å². The SMILES string of the molecule is Cc1c[nH]c(CN2CCO[C@H](c3ccc(Cl)cc3)C2)c(C)c1=O. The number of hydrogen-bond donors (Lipinski definition) is 1. The van der Waals surface area contributed by atoms with E-state index in [1.54, 1.807) is 6.20 Å². The van der Waals surface area contributed by atoms with Crippen LogP contribution in [0.2, 0.25) is 5.02 Å². The summed E-state index contributed by atoms with van der Waals surface area (Å²) in [7, 11) is 0. The summed E-state index contributed by atoms with van der Waals surface area (Å²) in [6, 6.07) is 7.80. The van der Waals surface area contributed by atoms with Crippen LogP contribution in [0.4, 0.5) is 0 Å². The number of aromatic nitrogens is 1. The van der Waals surface area contributed by atoms with Crippen LogP contribution in [-0.2, 0) is 11.3 Å². The van der Waals surface area contributed by atoms with Crippen LogP contribution in [-0.4, -0.2) is 29.6 Å². The highest BCUT2D eigenvalue weighted by Crippen LogP contribution is 2.24. The van der Waals surface area contributed by atoms with E-state index in [2.05, 4.69) is 9.88 Å². The topological polar surface area (TPSA) is 45.3 Å². The first-order chi connectivity index (χ1) is 11.0. The molecule has 5 heteroatoms. The number of rotatable bonds is 3. The molecule has 23 heavy (non-hydrogen) atoms. The Hall–Kier alpha value is -1.62. The summed E-state index contributed by atoms with van der Waals surface area (Å²) in [5.74, 6) is 0. The molecule has 1 aliphatic heterocycles. The number of hydrogen-bond acceptors (Lipinski definition) is 3. The molecule has 0 bridgehead atoms. The minimum Gasteiger partial charge on any atom is -0.371 e. The summed E-state index contributed by atoms with van der Waals surface area (Å²) in [4.78, 5) is 17.6. The molecule has 3 rings (SSSR count). The molecule has 0 unspecified atom stereocenters. The molecule has 1 saturated heterocycles. The molecule has 0 aliphatic carbocycles. The van der Waals surface area contributed by atoms with Crippen LogP contribution >= 0.6 is 11.6 Å². The molecule has 2 aromatic rings. The average molecular weight is 333 g/mol. The molecule has 1 atom stereocenters. The van der Waals surface area contributed by atoms with E-state index in [1.165, 1.54) is 0 Å². The Balaban J connectivity index is 1.73. The van der Waals surface area contributed by atoms with Crippen LogP contribution in [0, 0.1) is 13.8 Å². The zero-order valence-corrected chi connectivity index (χ0v) is 14.2. The van der Waals surface area contributed by atoms with E-state index in [-0.39, 0.29) is 11.5 Å². The van der Waals surface area contributed by atoms with Gasteiger partial charge < -0.3 is 9.72 Å². The van der Waals surface area contributed by atoms with Gasteiger partial charge >= 0.3 is 0 Å². The van der Waals surface area contributed by atoms with Crippen LogP contribution in [0.1, 0.15) is 28.5 Å². The Morgan fingerprint density at radius 1 is 1.30 bits per heavy atom. The van der Waals surface area contributed by atoms with E-state index in [0.717, 1.165) is 47.0 Å². The number of ether oxygens (including phenoxy) is 1. The minimum absolute atomic E-state index is 0.0403. The lowest BCUT2D eigenvalue weighted by Crippen LogP contribution is -2.38. The Morgan fingerprint density at radius 2 is 2.04 bits per heavy atom. The number of pyridine rings is 1. The lowest BCUT2D eigenvalue weighted by atomic mass is 10.1. The van der Waals surface area contributed by atoms with E-state index in [9.17, 15) is 4.79 Å². The molecule has 122 valence electrons. The number of nitrogens with one attached hydrogen (secondary N) is 1. The van der Waals surface area contributed by atoms with Gasteiger partial charge in [-0.25, -0.2) is 0 Å². The first kappa shape index (κ1) is 16.2. The number of halogens is 1. The van der Waals surface area contributed by atoms with Gasteiger partial charge in [0, 0.05) is 47.7 Å². The molecule has 0 spiro atoms. The second-order valence-electron chi connectivity index (χ2n) is 6.05. The Kier molecular flexibility index (Phi) is 4.85. The van der Waals surface area contributed by atoms with Crippen LogP contribution in [0.25, 0.3) is 0 Å². The standard InChI is InChI=1S/C18H21ClN2O2/c1-12-9-20-16(13(2)18(12)22)10-21-7-8-23-17(11-21)14-3-5-15(19)6-4-14/h3-6,9,17H,7-8,10-11H2,1-2H3,(H,20,22)/t17-/m0/s1. The van der Waals surface area contributed by atoms with Crippen LogP contribution in [0.5, 0.6) is 0 Å². The molecule has 2 heterocycles. The zero-order valence-electron chi connectivity index (χ0n) is 13.4. The van der Waals surface area contributed by atoms with Crippen molar-refractivity contribution in [1.82, 2.24) is 9.88 Å². The monoisotopic (exact) mass is 332 g/mol. The van der Waals surface area contributed by atoms with Gasteiger partial charge in [-0.1, -0.05) is 23.7 Å². The van der Waals surface area contributed by atoms with E-state index in [4.69, 9.17) is 16.3 Å². The molecule has 0 saturated carbocycles. The lowest BCUT2D eigenvalue weighted by Gasteiger charge is -2.33. The third-order valence-corrected chi connectivity index (χ3v) is 4.64. The highest BCUT2D eigenvalue weighted by Gasteiger charge is 2.22. The average Bonchev–Trinajstić information content (AvgIpc) is 2.56. The lowest BCUT2D eigenvalue weighted by molar-refractivity contribution is -0.0333. The second-order valence-corrected chi connectivity index (χ2v) is 6.49. The number of aromatic amines is 1. The van der Waals surface area contributed by atoms with Crippen molar-refractivity contribution in [2.24, 2.45) is 0 Å². The van der Waals surface area contributed by atoms with E-state index < -0.39 is 0 Å². The Morgan fingerprint density at radius 3 is 2.78 bits per heavy atom. The summed E-state index contributed by atoms with van der Waals surface area (Å²) in [5, 5.41) is 0.731. The normalized spacial score (nSPS) is 19.0. The fourth-order valence-corrected chi connectivity index (χ4v) is 3.04. The summed E-state index contributed by atoms with van der Waals surface area (Å²) < 4.78 is 5.89. The predicted octanol–water partition coefficient (Wildman–Crippen LogP) is 3.22. The third kappa shape index (κ3) is 3.66. The fraction of sp³-hybridized carbons (Fsp3) is 0.389. The number of aryl methyl sites for hydroxylation is 1. The van der Waals surface area contributed by atoms with Crippen molar-refractivity contribution in [3.8, 4) is 0 Å². The smallest absolute Gasteiger partial charge is 0.187 e. The van der Waals surface area contributed by atoms with Crippen LogP contribution in [0.15, 0.2) is 35.3 Å². The molecular weight excluding hydrogens is 312 g/mol. The summed E-state index contributed by atoms with van der Waals surface area (Å²) in [6.07, 6.45) is 1.83. The molecule has 1 fully saturated rings. The molecule has 1 N–H and O–H groups in total. The van der Waals surface area contributed by atoms with Gasteiger partial charge in [-0.15, -0.1) is 0 Å². The van der Waals surface area contributed by atoms with Crippen molar-refractivity contribution in [3.05, 3.63) is 68.1 Å². The summed E-state index contributed by atoms with van der Waals surface area (Å²) in [5.41, 5.74) is 3.80. The van der Waals surface area contributed by atoms with Crippen molar-refractivity contribution < 1.29 is 4.74 Å². The zero-order chi connectivity index (χ0) is 16.4. The number of morpholine rings is 1. The molecule has 0 radical (unpaired) electrons. The van der Waals surface area contributed by atoms with E-state index in [1.807, 2.05) is 38.1 Å². The minimum atomic E-state index is 0.0403. The van der Waals surface area contributed by atoms with Gasteiger partial charge in [-0.3, -0.25) is 9.69 Å². The van der Waals surface area contributed by atoms with Crippen molar-refractivity contribution in [2.75, 3.05) is 19.7 Å². The first-order valence-electron chi connectivity index (χ1n) is 7.82. The highest BCUT2D eigenvalue weighted by molar-refractivity contribution is 6.30. The predicted molar refractivity (Wildman–Crippen MR) is 92.0 cm³/mol. The summed E-state index contributed by atoms with van der Waals surface area (Å²) in [6.45, 7) is 6.80.